The predicted octanol–water partition coefficient (Wildman–Crippen LogP) is -17.4. The number of ether oxygens (including phenoxy) is 2. The number of nitriles is 1. The number of amides is 1. The van der Waals surface area contributed by atoms with E-state index in [-0.39, 0.29) is 253 Å². The number of aromatic nitrogens is 4. The minimum atomic E-state index is -0.905. The first-order valence-corrected chi connectivity index (χ1v) is 16.0. The number of hydrogen-bond acceptors (Lipinski definition) is 15. The van der Waals surface area contributed by atoms with Crippen LogP contribution in [-0.2, 0) is 37.9 Å². The summed E-state index contributed by atoms with van der Waals surface area (Å²) in [7, 11) is 42.5. The fourth-order valence-corrected chi connectivity index (χ4v) is 2.84. The number of carbonyl (C=O) groups excluding carboxylic acids is 4. The Labute approximate surface area is 533 Å². The zero-order chi connectivity index (χ0) is 44.1. The molecule has 16 radical (unpaired) electrons. The van der Waals surface area contributed by atoms with E-state index < -0.39 is 22.4 Å². The summed E-state index contributed by atoms with van der Waals surface area (Å²) >= 11 is 2.82. The molecule has 0 saturated heterocycles. The molecule has 2 aromatic rings. The van der Waals surface area contributed by atoms with Gasteiger partial charge in [0.1, 0.15) is 0 Å². The number of alkyl halides is 1. The SMILES string of the molecule is CCOC(=O)C(=O)C(Br)B=N.CN.[B-]C#N.[B-]C(N)=NC.[B-]c1nc(C(=O)N(C)[B]P)c(B=N)n1C.[B-]c1nc(C(=O)OCC)c(B=N)n1C.[B]=O.[B]C.[K+].[K+].[K+].[K+]. The monoisotopic (exact) mass is 970 g/mol. The molecule has 0 aliphatic carbocycles. The minimum Gasteiger partial charge on any atom is -0.0999 e. The van der Waals surface area contributed by atoms with Crippen molar-refractivity contribution in [3.63, 3.8) is 0 Å². The van der Waals surface area contributed by atoms with Crippen LogP contribution in [0.1, 0.15) is 34.8 Å². The molecule has 2 rings (SSSR count). The third-order valence-corrected chi connectivity index (χ3v) is 6.10. The summed E-state index contributed by atoms with van der Waals surface area (Å²) in [6.07, 6.45) is 0. The Hall–Kier alpha value is 2.72. The number of esters is 2. The molecule has 0 saturated carbocycles. The molecular formula is C23H38B10BrK4N12O7P. The van der Waals surface area contributed by atoms with Gasteiger partial charge in [0.2, 0.25) is 0 Å². The van der Waals surface area contributed by atoms with Crippen molar-refractivity contribution >= 4 is 152 Å². The van der Waals surface area contributed by atoms with Gasteiger partial charge in [-0.1, -0.05) is 6.82 Å². The van der Waals surface area contributed by atoms with Crippen LogP contribution in [0.4, 0.5) is 0 Å². The van der Waals surface area contributed by atoms with Crippen LogP contribution in [0.15, 0.2) is 4.99 Å². The largest absolute Gasteiger partial charge is 1.00 e. The Kier molecular flexibility index (Phi) is 83.8. The maximum Gasteiger partial charge on any atom is 1.00 e. The molecule has 0 fully saturated rings. The molecule has 2 atom stereocenters. The molecule has 0 aromatic carbocycles. The number of Topliss-reactive ketones (excluding diaryl/α,β-unsaturated/α-hetero) is 1. The molecule has 0 bridgehead atoms. The third kappa shape index (κ3) is 39.1. The smallest absolute Gasteiger partial charge is 0.0999 e. The Morgan fingerprint density at radius 3 is 1.57 bits per heavy atom. The van der Waals surface area contributed by atoms with E-state index in [0.717, 1.165) is 21.2 Å². The van der Waals surface area contributed by atoms with Gasteiger partial charge in [-0.25, -0.2) is 0 Å². The zero-order valence-corrected chi connectivity index (χ0v) is 50.6. The topological polar surface area (TPSA) is 302 Å². The minimum absolute atomic E-state index is 0. The Morgan fingerprint density at radius 2 is 1.29 bits per heavy atom. The molecule has 0 aliphatic heterocycles. The van der Waals surface area contributed by atoms with Crippen molar-refractivity contribution in [2.45, 2.75) is 25.4 Å². The summed E-state index contributed by atoms with van der Waals surface area (Å²) in [4.78, 5) is 57.0. The van der Waals surface area contributed by atoms with Crippen LogP contribution in [0.3, 0.4) is 0 Å². The van der Waals surface area contributed by atoms with Crippen LogP contribution in [-0.4, -0.2) is 168 Å². The molecule has 2 unspecified atom stereocenters. The fraction of sp³-hybridized carbons (Fsp3) is 0.478. The first-order chi connectivity index (χ1) is 25.4. The molecule has 58 heavy (non-hydrogen) atoms. The molecule has 278 valence electrons. The van der Waals surface area contributed by atoms with Crippen LogP contribution in [0.25, 0.3) is 0 Å². The number of aliphatic imine (C=N–C) groups is 1. The Bertz CT molecular complexity index is 1530. The van der Waals surface area contributed by atoms with Crippen LogP contribution < -0.4 is 240 Å². The van der Waals surface area contributed by atoms with E-state index in [2.05, 4.69) is 73.9 Å². The maximum atomic E-state index is 11.8. The molecule has 2 aromatic heterocycles. The third-order valence-electron chi connectivity index (χ3n) is 4.97. The van der Waals surface area contributed by atoms with Crippen LogP contribution in [0, 0.1) is 27.2 Å². The van der Waals surface area contributed by atoms with Crippen molar-refractivity contribution in [2.24, 2.45) is 30.6 Å². The van der Waals surface area contributed by atoms with Gasteiger partial charge >= 0.3 is 466 Å². The van der Waals surface area contributed by atoms with Crippen molar-refractivity contribution in [3.8, 4) is 5.97 Å². The molecule has 2 heterocycles. The zero-order valence-electron chi connectivity index (χ0n) is 35.4. The molecule has 35 heteroatoms. The Balaban J connectivity index is -0.0000000627. The van der Waals surface area contributed by atoms with Crippen molar-refractivity contribution in [1.82, 2.24) is 23.9 Å². The number of carbonyl (C=O) groups is 4. The fourth-order valence-electron chi connectivity index (χ4n) is 2.52. The standard InChI is InChI=1S/C7H9B2N3O2.C6H9B3N4OP.C5H7BBrNO3.C2H5BN2.CBN.CH3B.CH5N.BO.4K/c1-3-14-6(13)4-5(9-10)12(2)7(8)11-4;1-12-4(8-10)3(11-6(12)7)5(14)13(2)9-15;1-2-11-5(10)3(9)4(7)6-8;1-5-2(3)4;2-1-3;3*1-2;;;;/h10H,3H2,1-2H3;10H,15H2,1-2H3;4,8H,2H2,1H3;1H3,(H2,4,5);;1H3;2H2,1H3;;;;;/q2*-1;;2*-1;;;;4*+1. The summed E-state index contributed by atoms with van der Waals surface area (Å²) in [6, 6.07) is 0. The number of hydrogen-bond donors (Lipinski definition) is 5. The van der Waals surface area contributed by atoms with E-state index in [4.69, 9.17) is 59.9 Å². The number of nitrogens with two attached hydrogens (primary N) is 2. The Morgan fingerprint density at radius 1 is 0.966 bits per heavy atom. The second-order valence-electron chi connectivity index (χ2n) is 8.03. The number of halogens is 1. The van der Waals surface area contributed by atoms with Gasteiger partial charge in [-0.3, -0.25) is 11.2 Å². The quantitative estimate of drug-likeness (QED) is 0.0282. The van der Waals surface area contributed by atoms with E-state index in [9.17, 15) is 19.2 Å². The number of amidine groups is 1. The molecule has 1 amide bonds. The average Bonchev–Trinajstić information content (AvgIpc) is 3.65. The van der Waals surface area contributed by atoms with Crippen molar-refractivity contribution in [1.29, 1.82) is 21.2 Å². The predicted molar refractivity (Wildman–Crippen MR) is 223 cm³/mol. The number of nitrogens with zero attached hydrogens (tertiary/aromatic N) is 7. The summed E-state index contributed by atoms with van der Waals surface area (Å²) in [5, 5.41) is 28.1. The van der Waals surface area contributed by atoms with E-state index in [0.29, 0.717) is 11.2 Å². The summed E-state index contributed by atoms with van der Waals surface area (Å²) in [5.74, 6) is -1.26. The molecule has 7 N–H and O–H groups in total. The summed E-state index contributed by atoms with van der Waals surface area (Å²) in [6.45, 7) is 5.25. The summed E-state index contributed by atoms with van der Waals surface area (Å²) < 4.78 is 19.0. The number of nitrogens with one attached hydrogen (secondary N) is 3. The van der Waals surface area contributed by atoms with Gasteiger partial charge in [0.15, 0.2) is 0 Å². The van der Waals surface area contributed by atoms with Crippen molar-refractivity contribution in [3.05, 3.63) is 11.4 Å². The molecular weight excluding hydrogens is 932 g/mol. The second-order valence-corrected chi connectivity index (χ2v) is 9.32. The normalized spacial score (nSPS) is 8.40. The van der Waals surface area contributed by atoms with E-state index >= 15 is 0 Å². The van der Waals surface area contributed by atoms with Gasteiger partial charge in [0.25, 0.3) is 0 Å². The van der Waals surface area contributed by atoms with E-state index in [1.807, 2.05) is 0 Å². The van der Waals surface area contributed by atoms with Crippen molar-refractivity contribution < 1.29 is 239 Å². The molecule has 19 nitrogen and oxygen atoms in total. The molecule has 0 aliphatic rings. The van der Waals surface area contributed by atoms with Gasteiger partial charge in [0, 0.05) is 7.05 Å². The van der Waals surface area contributed by atoms with E-state index in [1.54, 1.807) is 42.1 Å². The maximum absolute atomic E-state index is 11.8. The summed E-state index contributed by atoms with van der Waals surface area (Å²) in [5.41, 5.74) is 10.9. The number of ketones is 1. The molecule has 0 spiro atoms. The van der Waals surface area contributed by atoms with Crippen LogP contribution in [0.5, 0.6) is 0 Å². The van der Waals surface area contributed by atoms with Gasteiger partial charge in [-0.05, 0) is 7.05 Å². The average molecular weight is 970 g/mol. The van der Waals surface area contributed by atoms with Crippen LogP contribution in [0.2, 0.25) is 6.82 Å². The van der Waals surface area contributed by atoms with Gasteiger partial charge in [0.05, 0.1) is 7.85 Å². The van der Waals surface area contributed by atoms with Crippen molar-refractivity contribution in [2.75, 3.05) is 34.4 Å². The van der Waals surface area contributed by atoms with Gasteiger partial charge < -0.3 is 32.2 Å². The van der Waals surface area contributed by atoms with Gasteiger partial charge in [-0.15, -0.1) is 0 Å². The van der Waals surface area contributed by atoms with Crippen LogP contribution >= 0.6 is 25.0 Å². The van der Waals surface area contributed by atoms with Gasteiger partial charge in [-0.2, -0.15) is 5.73 Å². The number of imidazole rings is 2. The first-order valence-electron chi connectivity index (χ1n) is 14.4. The van der Waals surface area contributed by atoms with E-state index in [1.165, 1.54) is 40.8 Å². The first kappa shape index (κ1) is 84.2. The number of rotatable bonds is 10. The second kappa shape index (κ2) is 57.7.